The van der Waals surface area contributed by atoms with E-state index in [0.29, 0.717) is 28.0 Å². The summed E-state index contributed by atoms with van der Waals surface area (Å²) in [6.45, 7) is -0.567. The zero-order chi connectivity index (χ0) is 24.2. The Hall–Kier alpha value is -2.97. The third kappa shape index (κ3) is 5.23. The maximum absolute atomic E-state index is 13.1. The van der Waals surface area contributed by atoms with Crippen LogP contribution in [0.25, 0.3) is 0 Å². The molecule has 1 aliphatic carbocycles. The van der Waals surface area contributed by atoms with Crippen LogP contribution >= 0.6 is 27.5 Å². The van der Waals surface area contributed by atoms with Crippen molar-refractivity contribution in [3.05, 3.63) is 75.7 Å². The number of carbonyl (C=O) groups excluding carboxylic acids is 4. The van der Waals surface area contributed by atoms with E-state index in [4.69, 9.17) is 16.3 Å². The van der Waals surface area contributed by atoms with E-state index in [-0.39, 0.29) is 18.2 Å². The van der Waals surface area contributed by atoms with Gasteiger partial charge in [-0.1, -0.05) is 54.1 Å². The molecule has 1 heterocycles. The maximum atomic E-state index is 13.1. The number of likely N-dealkylation sites (tertiary alicyclic amines) is 1. The van der Waals surface area contributed by atoms with E-state index in [1.165, 1.54) is 0 Å². The van der Waals surface area contributed by atoms with Gasteiger partial charge in [0.15, 0.2) is 6.61 Å². The van der Waals surface area contributed by atoms with E-state index in [1.54, 1.807) is 18.2 Å². The monoisotopic (exact) mass is 544 g/mol. The largest absolute Gasteiger partial charge is 0.454 e. The molecule has 1 N–H and O–H groups in total. The molecule has 0 radical (unpaired) electrons. The number of rotatable bonds is 7. The Morgan fingerprint density at radius 2 is 1.71 bits per heavy atom. The molecule has 0 unspecified atom stereocenters. The molecule has 2 aromatic rings. The Labute approximate surface area is 210 Å². The van der Waals surface area contributed by atoms with Crippen molar-refractivity contribution in [3.8, 4) is 0 Å². The molecule has 3 atom stereocenters. The zero-order valence-corrected chi connectivity index (χ0v) is 20.4. The highest BCUT2D eigenvalue weighted by Gasteiger charge is 2.51. The minimum Gasteiger partial charge on any atom is -0.454 e. The predicted octanol–water partition coefficient (Wildman–Crippen LogP) is 4.15. The van der Waals surface area contributed by atoms with E-state index < -0.39 is 36.4 Å². The summed E-state index contributed by atoms with van der Waals surface area (Å²) in [5.41, 5.74) is 1.21. The standard InChI is InChI=1S/C25H22BrClN2O5/c26-19-11-10-16(13-20(19)27)28-22(30)14-34-25(33)21(12-15-6-2-1-3-7-15)29-23(31)17-8-4-5-9-18(17)24(29)32/h1-7,10-11,13,17-18,21H,8-9,12,14H2,(H,28,30)/t17-,18+,21-/m1/s1. The number of hydrogen-bond donors (Lipinski definition) is 1. The fourth-order valence-corrected chi connectivity index (χ4v) is 4.68. The average molecular weight is 546 g/mol. The molecular formula is C25H22BrClN2O5. The Kier molecular flexibility index (Phi) is 7.48. The molecule has 4 rings (SSSR count). The molecule has 3 amide bonds. The highest BCUT2D eigenvalue weighted by atomic mass is 79.9. The van der Waals surface area contributed by atoms with E-state index in [1.807, 2.05) is 42.5 Å². The quantitative estimate of drug-likeness (QED) is 0.321. The van der Waals surface area contributed by atoms with Gasteiger partial charge < -0.3 is 10.1 Å². The third-order valence-corrected chi connectivity index (χ3v) is 7.18. The zero-order valence-electron chi connectivity index (χ0n) is 18.1. The summed E-state index contributed by atoms with van der Waals surface area (Å²) in [7, 11) is 0. The number of benzene rings is 2. The Morgan fingerprint density at radius 1 is 1.06 bits per heavy atom. The lowest BCUT2D eigenvalue weighted by Crippen LogP contribution is -2.48. The predicted molar refractivity (Wildman–Crippen MR) is 130 cm³/mol. The lowest BCUT2D eigenvalue weighted by atomic mass is 9.85. The van der Waals surface area contributed by atoms with Crippen LogP contribution < -0.4 is 5.32 Å². The molecule has 1 saturated heterocycles. The smallest absolute Gasteiger partial charge is 0.330 e. The first kappa shape index (κ1) is 24.2. The third-order valence-electron chi connectivity index (χ3n) is 5.95. The van der Waals surface area contributed by atoms with Crippen molar-refractivity contribution in [2.75, 3.05) is 11.9 Å². The Balaban J connectivity index is 1.48. The summed E-state index contributed by atoms with van der Waals surface area (Å²) in [5, 5.41) is 3.02. The number of imide groups is 1. The van der Waals surface area contributed by atoms with Gasteiger partial charge in [-0.2, -0.15) is 0 Å². The molecule has 0 bridgehead atoms. The summed E-state index contributed by atoms with van der Waals surface area (Å²) < 4.78 is 5.95. The van der Waals surface area contributed by atoms with Gasteiger partial charge >= 0.3 is 5.97 Å². The number of hydrogen-bond acceptors (Lipinski definition) is 5. The molecule has 7 nitrogen and oxygen atoms in total. The average Bonchev–Trinajstić information content (AvgIpc) is 3.09. The second-order valence-corrected chi connectivity index (χ2v) is 9.45. The van der Waals surface area contributed by atoms with Crippen molar-refractivity contribution in [2.24, 2.45) is 11.8 Å². The highest BCUT2D eigenvalue weighted by molar-refractivity contribution is 9.10. The van der Waals surface area contributed by atoms with Crippen molar-refractivity contribution >= 4 is 56.9 Å². The van der Waals surface area contributed by atoms with Gasteiger partial charge in [-0.3, -0.25) is 19.3 Å². The number of carbonyl (C=O) groups is 4. The number of allylic oxidation sites excluding steroid dienone is 2. The van der Waals surface area contributed by atoms with Crippen LogP contribution in [0.4, 0.5) is 5.69 Å². The van der Waals surface area contributed by atoms with Crippen LogP contribution in [0, 0.1) is 11.8 Å². The summed E-state index contributed by atoms with van der Waals surface area (Å²) in [6, 6.07) is 12.8. The molecule has 0 saturated carbocycles. The lowest BCUT2D eigenvalue weighted by molar-refractivity contribution is -0.159. The first-order chi connectivity index (χ1) is 16.3. The maximum Gasteiger partial charge on any atom is 0.330 e. The number of fused-ring (bicyclic) bond motifs is 1. The molecule has 2 aromatic carbocycles. The van der Waals surface area contributed by atoms with Gasteiger partial charge in [0.05, 0.1) is 16.9 Å². The fraction of sp³-hybridized carbons (Fsp3) is 0.280. The number of esters is 1. The van der Waals surface area contributed by atoms with Crippen LogP contribution in [0.2, 0.25) is 5.02 Å². The first-order valence-electron chi connectivity index (χ1n) is 10.8. The molecular weight excluding hydrogens is 524 g/mol. The molecule has 0 spiro atoms. The van der Waals surface area contributed by atoms with Crippen molar-refractivity contribution in [3.63, 3.8) is 0 Å². The van der Waals surface area contributed by atoms with Gasteiger partial charge in [-0.15, -0.1) is 0 Å². The van der Waals surface area contributed by atoms with E-state index in [2.05, 4.69) is 21.2 Å². The van der Waals surface area contributed by atoms with Crippen LogP contribution in [-0.2, 0) is 30.3 Å². The number of anilines is 1. The number of halogens is 2. The van der Waals surface area contributed by atoms with Crippen LogP contribution in [0.1, 0.15) is 18.4 Å². The van der Waals surface area contributed by atoms with Crippen molar-refractivity contribution < 1.29 is 23.9 Å². The fourth-order valence-electron chi connectivity index (χ4n) is 4.25. The Bertz CT molecular complexity index is 1130. The molecule has 176 valence electrons. The molecule has 1 aliphatic heterocycles. The minimum atomic E-state index is -1.15. The van der Waals surface area contributed by atoms with Crippen molar-refractivity contribution in [2.45, 2.75) is 25.3 Å². The van der Waals surface area contributed by atoms with E-state index >= 15 is 0 Å². The summed E-state index contributed by atoms with van der Waals surface area (Å²) in [6.07, 6.45) is 4.82. The minimum absolute atomic E-state index is 0.105. The van der Waals surface area contributed by atoms with Crippen LogP contribution in [0.3, 0.4) is 0 Å². The molecule has 2 aliphatic rings. The van der Waals surface area contributed by atoms with Crippen LogP contribution in [-0.4, -0.2) is 41.2 Å². The van der Waals surface area contributed by atoms with Gasteiger partial charge in [-0.25, -0.2) is 4.79 Å². The second kappa shape index (κ2) is 10.5. The summed E-state index contributed by atoms with van der Waals surface area (Å²) in [5.74, 6) is -3.04. The molecule has 34 heavy (non-hydrogen) atoms. The van der Waals surface area contributed by atoms with Crippen LogP contribution in [0.5, 0.6) is 0 Å². The summed E-state index contributed by atoms with van der Waals surface area (Å²) >= 11 is 9.31. The highest BCUT2D eigenvalue weighted by Crippen LogP contribution is 2.36. The molecule has 1 fully saturated rings. The SMILES string of the molecule is O=C(COC(=O)[C@@H](Cc1ccccc1)N1C(=O)[C@H]2CC=CC[C@H]2C1=O)Nc1ccc(Br)c(Cl)c1. The normalized spacial score (nSPS) is 20.1. The van der Waals surface area contributed by atoms with Crippen molar-refractivity contribution in [1.82, 2.24) is 4.90 Å². The Morgan fingerprint density at radius 3 is 2.32 bits per heavy atom. The van der Waals surface area contributed by atoms with Gasteiger partial charge in [0, 0.05) is 16.6 Å². The second-order valence-electron chi connectivity index (χ2n) is 8.19. The van der Waals surface area contributed by atoms with E-state index in [0.717, 1.165) is 10.5 Å². The van der Waals surface area contributed by atoms with Gasteiger partial charge in [-0.05, 0) is 52.5 Å². The molecule has 0 aromatic heterocycles. The first-order valence-corrected chi connectivity index (χ1v) is 12.0. The topological polar surface area (TPSA) is 92.8 Å². The van der Waals surface area contributed by atoms with E-state index in [9.17, 15) is 19.2 Å². The van der Waals surface area contributed by atoms with Crippen LogP contribution in [0.15, 0.2) is 65.2 Å². The number of ether oxygens (including phenoxy) is 1. The number of nitrogens with one attached hydrogen (secondary N) is 1. The lowest BCUT2D eigenvalue weighted by Gasteiger charge is -2.25. The summed E-state index contributed by atoms with van der Waals surface area (Å²) in [4.78, 5) is 52.7. The van der Waals surface area contributed by atoms with Gasteiger partial charge in [0.1, 0.15) is 6.04 Å². The van der Waals surface area contributed by atoms with Gasteiger partial charge in [0.2, 0.25) is 11.8 Å². The number of amides is 3. The van der Waals surface area contributed by atoms with Gasteiger partial charge in [0.25, 0.3) is 5.91 Å². The van der Waals surface area contributed by atoms with Crippen molar-refractivity contribution in [1.29, 1.82) is 0 Å². The number of nitrogens with zero attached hydrogens (tertiary/aromatic N) is 1. The molecule has 9 heteroatoms.